The van der Waals surface area contributed by atoms with Crippen molar-refractivity contribution in [1.29, 1.82) is 0 Å². The summed E-state index contributed by atoms with van der Waals surface area (Å²) in [5, 5.41) is 4.60. The molecule has 0 saturated carbocycles. The molecule has 0 spiro atoms. The lowest BCUT2D eigenvalue weighted by molar-refractivity contribution is -0.122. The van der Waals surface area contributed by atoms with Crippen molar-refractivity contribution in [2.24, 2.45) is 5.73 Å². The second-order valence-corrected chi connectivity index (χ2v) is 9.96. The number of hydrogen-bond acceptors (Lipinski definition) is 7. The number of benzene rings is 4. The van der Waals surface area contributed by atoms with Gasteiger partial charge in [-0.05, 0) is 46.2 Å². The first-order valence-electron chi connectivity index (χ1n) is 12.7. The van der Waals surface area contributed by atoms with Gasteiger partial charge >= 0.3 is 0 Å². The number of nitrogen functional groups attached to an aromatic ring is 1. The molecule has 10 heteroatoms. The van der Waals surface area contributed by atoms with Crippen LogP contribution in [0.2, 0.25) is 0 Å². The van der Waals surface area contributed by atoms with E-state index in [2.05, 4.69) is 9.69 Å². The van der Waals surface area contributed by atoms with Crippen molar-refractivity contribution < 1.29 is 19.1 Å². The number of ether oxygens (including phenoxy) is 1. The molecular weight excluding hydrogens is 538 g/mol. The number of anilines is 2. The van der Waals surface area contributed by atoms with Crippen LogP contribution in [0.5, 0.6) is 5.75 Å². The second kappa shape index (κ2) is 11.9. The van der Waals surface area contributed by atoms with E-state index in [4.69, 9.17) is 16.2 Å². The van der Waals surface area contributed by atoms with Gasteiger partial charge in [0.2, 0.25) is 5.91 Å². The van der Waals surface area contributed by atoms with Gasteiger partial charge in [0, 0.05) is 11.9 Å². The van der Waals surface area contributed by atoms with Crippen molar-refractivity contribution in [3.05, 3.63) is 119 Å². The second-order valence-electron chi connectivity index (χ2n) is 9.19. The number of carbonyl (C=O) groups excluding carboxylic acids is 3. The summed E-state index contributed by atoms with van der Waals surface area (Å²) in [5.41, 5.74) is 13.2. The van der Waals surface area contributed by atoms with E-state index in [1.165, 1.54) is 4.90 Å². The largest absolute Gasteiger partial charge is 0.497 e. The molecule has 0 aliphatic heterocycles. The fourth-order valence-electron chi connectivity index (χ4n) is 4.61. The van der Waals surface area contributed by atoms with Gasteiger partial charge in [-0.25, -0.2) is 0 Å². The number of nitrogens with one attached hydrogen (secondary N) is 1. The van der Waals surface area contributed by atoms with Crippen molar-refractivity contribution in [2.75, 3.05) is 17.7 Å². The molecule has 5 N–H and O–H groups in total. The van der Waals surface area contributed by atoms with Crippen LogP contribution < -0.4 is 26.4 Å². The molecule has 0 radical (unpaired) electrons. The van der Waals surface area contributed by atoms with Gasteiger partial charge in [-0.1, -0.05) is 78.9 Å². The summed E-state index contributed by atoms with van der Waals surface area (Å²) in [6, 6.07) is 28.3. The Labute approximate surface area is 240 Å². The first-order chi connectivity index (χ1) is 19.9. The maximum atomic E-state index is 14.4. The average molecular weight is 566 g/mol. The third-order valence-electron chi connectivity index (χ3n) is 6.65. The number of methoxy groups -OCH3 is 1. The van der Waals surface area contributed by atoms with Gasteiger partial charge in [0.15, 0.2) is 5.69 Å². The topological polar surface area (TPSA) is 141 Å². The number of carbonyl (C=O) groups is 3. The minimum Gasteiger partial charge on any atom is -0.497 e. The van der Waals surface area contributed by atoms with E-state index in [1.54, 1.807) is 37.4 Å². The molecule has 41 heavy (non-hydrogen) atoms. The Morgan fingerprint density at radius 2 is 1.61 bits per heavy atom. The summed E-state index contributed by atoms with van der Waals surface area (Å²) in [5.74, 6) is -1.27. The van der Waals surface area contributed by atoms with Gasteiger partial charge in [0.1, 0.15) is 16.7 Å². The molecule has 3 amide bonds. The van der Waals surface area contributed by atoms with Crippen LogP contribution in [0.4, 0.5) is 11.4 Å². The van der Waals surface area contributed by atoms with E-state index in [0.29, 0.717) is 17.0 Å². The molecule has 1 atom stereocenters. The molecule has 5 aromatic rings. The number of amides is 3. The van der Waals surface area contributed by atoms with Crippen molar-refractivity contribution in [2.45, 2.75) is 12.6 Å². The van der Waals surface area contributed by atoms with Crippen LogP contribution in [-0.2, 0) is 11.3 Å². The van der Waals surface area contributed by atoms with E-state index in [0.717, 1.165) is 27.9 Å². The lowest BCUT2D eigenvalue weighted by Gasteiger charge is -2.32. The van der Waals surface area contributed by atoms with Gasteiger partial charge in [-0.15, -0.1) is 0 Å². The molecule has 1 heterocycles. The normalized spacial score (nSPS) is 11.5. The van der Waals surface area contributed by atoms with E-state index in [-0.39, 0.29) is 22.8 Å². The molecular formula is C31H27N5O4S. The van der Waals surface area contributed by atoms with Crippen molar-refractivity contribution in [1.82, 2.24) is 9.69 Å². The average Bonchev–Trinajstić information content (AvgIpc) is 3.40. The zero-order valence-corrected chi connectivity index (χ0v) is 22.9. The van der Waals surface area contributed by atoms with Crippen LogP contribution in [0.1, 0.15) is 37.3 Å². The molecule has 5 rings (SSSR count). The molecule has 0 aliphatic rings. The molecule has 0 bridgehead atoms. The summed E-state index contributed by atoms with van der Waals surface area (Å²) in [6.07, 6.45) is 0. The number of aromatic nitrogens is 1. The maximum absolute atomic E-state index is 14.4. The van der Waals surface area contributed by atoms with E-state index in [9.17, 15) is 14.4 Å². The molecule has 0 fully saturated rings. The molecule has 1 aromatic heterocycles. The van der Waals surface area contributed by atoms with E-state index in [1.807, 2.05) is 66.7 Å². The van der Waals surface area contributed by atoms with Crippen LogP contribution in [0, 0.1) is 0 Å². The number of nitrogens with zero attached hydrogens (tertiary/aromatic N) is 2. The highest BCUT2D eigenvalue weighted by Gasteiger charge is 2.36. The molecule has 4 aromatic carbocycles. The van der Waals surface area contributed by atoms with Gasteiger partial charge in [-0.2, -0.15) is 4.37 Å². The van der Waals surface area contributed by atoms with Crippen LogP contribution in [0.3, 0.4) is 0 Å². The molecule has 0 unspecified atom stereocenters. The summed E-state index contributed by atoms with van der Waals surface area (Å²) in [4.78, 5) is 41.8. The monoisotopic (exact) mass is 565 g/mol. The summed E-state index contributed by atoms with van der Waals surface area (Å²) in [7, 11) is 1.55. The molecule has 9 nitrogen and oxygen atoms in total. The van der Waals surface area contributed by atoms with Crippen LogP contribution in [-0.4, -0.2) is 29.2 Å². The maximum Gasteiger partial charge on any atom is 0.273 e. The molecule has 206 valence electrons. The number of hydrogen-bond donors (Lipinski definition) is 3. The first kappa shape index (κ1) is 27.4. The number of fused-ring (bicyclic) bond motifs is 1. The van der Waals surface area contributed by atoms with Crippen LogP contribution >= 0.6 is 11.5 Å². The number of rotatable bonds is 9. The minimum atomic E-state index is -1.12. The van der Waals surface area contributed by atoms with Crippen molar-refractivity contribution in [3.63, 3.8) is 0 Å². The fourth-order valence-corrected chi connectivity index (χ4v) is 5.35. The molecule has 0 saturated heterocycles. The highest BCUT2D eigenvalue weighted by molar-refractivity contribution is 7.09. The highest BCUT2D eigenvalue weighted by atomic mass is 32.1. The van der Waals surface area contributed by atoms with Gasteiger partial charge in [-0.3, -0.25) is 19.3 Å². The van der Waals surface area contributed by atoms with E-state index >= 15 is 0 Å². The third-order valence-corrected chi connectivity index (χ3v) is 7.50. The summed E-state index contributed by atoms with van der Waals surface area (Å²) in [6.45, 7) is 0.248. The Hall–Kier alpha value is -5.22. The smallest absolute Gasteiger partial charge is 0.273 e. The van der Waals surface area contributed by atoms with Crippen molar-refractivity contribution in [3.8, 4) is 5.75 Å². The SMILES string of the molecule is COc1ccc([C@H](C(=O)NCc2ccccc2)N(C(=O)c2snc(C(N)=O)c2N)c2cccc3ccccc23)cc1. The summed E-state index contributed by atoms with van der Waals surface area (Å²) >= 11 is 0.763. The predicted molar refractivity (Wildman–Crippen MR) is 160 cm³/mol. The quantitative estimate of drug-likeness (QED) is 0.237. The Morgan fingerprint density at radius 1 is 0.927 bits per heavy atom. The fraction of sp³-hybridized carbons (Fsp3) is 0.0968. The Morgan fingerprint density at radius 3 is 2.29 bits per heavy atom. The lowest BCUT2D eigenvalue weighted by atomic mass is 10.00. The van der Waals surface area contributed by atoms with Gasteiger partial charge in [0.25, 0.3) is 11.8 Å². The standard InChI is InChI=1S/C31H27N5O4S/c1-40-22-16-14-21(15-17-22)27(30(38)34-18-19-8-3-2-4-9-19)36(24-13-7-11-20-10-5-6-12-23(20)24)31(39)28-25(32)26(29(33)37)35-41-28/h2-17,27H,18,32H2,1H3,(H2,33,37)(H,34,38)/t27-/m1/s1. The third kappa shape index (κ3) is 5.59. The Kier molecular flexibility index (Phi) is 7.93. The molecule has 0 aliphatic carbocycles. The van der Waals surface area contributed by atoms with Crippen molar-refractivity contribution >= 4 is 51.4 Å². The predicted octanol–water partition coefficient (Wildman–Crippen LogP) is 4.69. The van der Waals surface area contributed by atoms with Crippen LogP contribution in [0.15, 0.2) is 97.1 Å². The summed E-state index contributed by atoms with van der Waals surface area (Å²) < 4.78 is 9.36. The lowest BCUT2D eigenvalue weighted by Crippen LogP contribution is -2.44. The number of primary amides is 1. The van der Waals surface area contributed by atoms with E-state index < -0.39 is 23.8 Å². The zero-order chi connectivity index (χ0) is 28.9. The Balaban J connectivity index is 1.69. The zero-order valence-electron chi connectivity index (χ0n) is 22.1. The van der Waals surface area contributed by atoms with Gasteiger partial charge < -0.3 is 21.5 Å². The number of nitrogens with two attached hydrogens (primary N) is 2. The minimum absolute atomic E-state index is 0.00102. The Bertz CT molecular complexity index is 1710. The van der Waals surface area contributed by atoms with Gasteiger partial charge in [0.05, 0.1) is 18.5 Å². The van der Waals surface area contributed by atoms with Crippen LogP contribution in [0.25, 0.3) is 10.8 Å². The first-order valence-corrected chi connectivity index (χ1v) is 13.5. The highest BCUT2D eigenvalue weighted by Crippen LogP contribution is 2.37.